The van der Waals surface area contributed by atoms with Gasteiger partial charge in [-0.15, -0.1) is 0 Å². The van der Waals surface area contributed by atoms with Gasteiger partial charge in [0.15, 0.2) is 0 Å². The summed E-state index contributed by atoms with van der Waals surface area (Å²) in [6.45, 7) is 0. The van der Waals surface area contributed by atoms with Gasteiger partial charge in [-0.05, 0) is 24.1 Å². The highest BCUT2D eigenvalue weighted by atomic mass is 19.4. The highest BCUT2D eigenvalue weighted by molar-refractivity contribution is 5.27. The number of halogens is 6. The van der Waals surface area contributed by atoms with Crippen molar-refractivity contribution in [1.82, 2.24) is 5.43 Å². The molecule has 1 atom stereocenters. The van der Waals surface area contributed by atoms with E-state index in [-0.39, 0.29) is 5.56 Å². The van der Waals surface area contributed by atoms with E-state index in [9.17, 15) is 26.3 Å². The quantitative estimate of drug-likeness (QED) is 0.504. The van der Waals surface area contributed by atoms with E-state index in [1.807, 2.05) is 0 Å². The van der Waals surface area contributed by atoms with E-state index < -0.39 is 36.8 Å². The third-order valence-corrected chi connectivity index (χ3v) is 2.53. The maximum Gasteiger partial charge on any atom is 0.416 e. The molecule has 108 valence electrons. The zero-order chi connectivity index (χ0) is 14.7. The van der Waals surface area contributed by atoms with Gasteiger partial charge in [0.1, 0.15) is 0 Å². The maximum absolute atomic E-state index is 12.5. The Labute approximate surface area is 105 Å². The molecule has 0 aliphatic rings. The minimum absolute atomic E-state index is 0.0709. The molecular formula is C11H12F6N2. The first-order valence-corrected chi connectivity index (χ1v) is 5.33. The van der Waals surface area contributed by atoms with Crippen LogP contribution in [0.15, 0.2) is 24.3 Å². The van der Waals surface area contributed by atoms with Gasteiger partial charge in [0.2, 0.25) is 0 Å². The molecule has 1 aromatic carbocycles. The second-order valence-corrected chi connectivity index (χ2v) is 4.00. The molecule has 2 nitrogen and oxygen atoms in total. The normalized spacial score (nSPS) is 14.5. The molecular weight excluding hydrogens is 274 g/mol. The second-order valence-electron chi connectivity index (χ2n) is 4.00. The lowest BCUT2D eigenvalue weighted by Crippen LogP contribution is -2.29. The van der Waals surface area contributed by atoms with E-state index in [0.717, 1.165) is 18.2 Å². The molecule has 0 bridgehead atoms. The molecule has 1 rings (SSSR count). The molecule has 0 amide bonds. The predicted molar refractivity (Wildman–Crippen MR) is 56.8 cm³/mol. The second kappa shape index (κ2) is 5.79. The zero-order valence-corrected chi connectivity index (χ0v) is 9.65. The maximum atomic E-state index is 12.5. The van der Waals surface area contributed by atoms with Gasteiger partial charge in [0, 0.05) is 12.5 Å². The average Bonchev–Trinajstić information content (AvgIpc) is 2.27. The van der Waals surface area contributed by atoms with Crippen molar-refractivity contribution >= 4 is 0 Å². The molecule has 0 spiro atoms. The Morgan fingerprint density at radius 3 is 2.21 bits per heavy atom. The van der Waals surface area contributed by atoms with Crippen LogP contribution < -0.4 is 11.3 Å². The van der Waals surface area contributed by atoms with Crippen molar-refractivity contribution in [1.29, 1.82) is 0 Å². The standard InChI is InChI=1S/C11H12F6N2/c12-10(13,14)5-4-9(19-18)7-2-1-3-8(6-7)11(15,16)17/h1-3,6,9,19H,4-5,18H2. The smallest absolute Gasteiger partial charge is 0.271 e. The fourth-order valence-electron chi connectivity index (χ4n) is 1.59. The van der Waals surface area contributed by atoms with Gasteiger partial charge in [0.05, 0.1) is 5.56 Å². The average molecular weight is 286 g/mol. The third-order valence-electron chi connectivity index (χ3n) is 2.53. The number of hydrogen-bond donors (Lipinski definition) is 2. The van der Waals surface area contributed by atoms with Crippen molar-refractivity contribution in [2.75, 3.05) is 0 Å². The highest BCUT2D eigenvalue weighted by Gasteiger charge is 2.32. The number of rotatable bonds is 4. The van der Waals surface area contributed by atoms with Crippen molar-refractivity contribution in [3.63, 3.8) is 0 Å². The van der Waals surface area contributed by atoms with Crippen molar-refractivity contribution in [3.05, 3.63) is 35.4 Å². The molecule has 19 heavy (non-hydrogen) atoms. The number of nitrogens with one attached hydrogen (secondary N) is 1. The van der Waals surface area contributed by atoms with Crippen LogP contribution in [0.2, 0.25) is 0 Å². The van der Waals surface area contributed by atoms with E-state index in [0.29, 0.717) is 0 Å². The lowest BCUT2D eigenvalue weighted by atomic mass is 10.00. The Hall–Kier alpha value is -1.28. The van der Waals surface area contributed by atoms with Crippen molar-refractivity contribution < 1.29 is 26.3 Å². The molecule has 0 aliphatic carbocycles. The Balaban J connectivity index is 2.87. The summed E-state index contributed by atoms with van der Waals surface area (Å²) < 4.78 is 73.7. The monoisotopic (exact) mass is 286 g/mol. The lowest BCUT2D eigenvalue weighted by Gasteiger charge is -2.18. The Morgan fingerprint density at radius 1 is 1.11 bits per heavy atom. The third kappa shape index (κ3) is 5.07. The summed E-state index contributed by atoms with van der Waals surface area (Å²) in [6, 6.07) is 3.09. The largest absolute Gasteiger partial charge is 0.416 e. The highest BCUT2D eigenvalue weighted by Crippen LogP contribution is 2.32. The number of benzene rings is 1. The molecule has 0 aliphatic heterocycles. The van der Waals surface area contributed by atoms with Crippen LogP contribution in [0, 0.1) is 0 Å². The lowest BCUT2D eigenvalue weighted by molar-refractivity contribution is -0.138. The van der Waals surface area contributed by atoms with Crippen molar-refractivity contribution in [2.24, 2.45) is 5.84 Å². The summed E-state index contributed by atoms with van der Waals surface area (Å²) in [5, 5.41) is 0. The number of alkyl halides is 6. The summed E-state index contributed by atoms with van der Waals surface area (Å²) in [6.07, 6.45) is -10.5. The molecule has 0 heterocycles. The summed E-state index contributed by atoms with van der Waals surface area (Å²) in [7, 11) is 0. The Bertz CT molecular complexity index is 412. The molecule has 1 aromatic rings. The molecule has 3 N–H and O–H groups in total. The molecule has 8 heteroatoms. The van der Waals surface area contributed by atoms with Gasteiger partial charge >= 0.3 is 12.4 Å². The van der Waals surface area contributed by atoms with Crippen LogP contribution in [0.1, 0.15) is 30.0 Å². The number of hydrazine groups is 1. The van der Waals surface area contributed by atoms with E-state index in [2.05, 4.69) is 5.43 Å². The van der Waals surface area contributed by atoms with E-state index in [1.54, 1.807) is 0 Å². The Morgan fingerprint density at radius 2 is 1.74 bits per heavy atom. The van der Waals surface area contributed by atoms with Crippen LogP contribution >= 0.6 is 0 Å². The minimum atomic E-state index is -4.54. The first-order valence-electron chi connectivity index (χ1n) is 5.33. The molecule has 0 saturated carbocycles. The number of hydrogen-bond acceptors (Lipinski definition) is 2. The van der Waals surface area contributed by atoms with Crippen LogP contribution in [0.3, 0.4) is 0 Å². The molecule has 0 fully saturated rings. The SMILES string of the molecule is NNC(CCC(F)(F)F)c1cccc(C(F)(F)F)c1. The van der Waals surface area contributed by atoms with E-state index in [1.165, 1.54) is 6.07 Å². The van der Waals surface area contributed by atoms with Crippen LogP contribution in [0.25, 0.3) is 0 Å². The van der Waals surface area contributed by atoms with Crippen molar-refractivity contribution in [2.45, 2.75) is 31.2 Å². The van der Waals surface area contributed by atoms with Crippen LogP contribution in [0.5, 0.6) is 0 Å². The fraction of sp³-hybridized carbons (Fsp3) is 0.455. The summed E-state index contributed by atoms with van der Waals surface area (Å²) in [5.41, 5.74) is 1.25. The predicted octanol–water partition coefficient (Wildman–Crippen LogP) is 3.55. The summed E-state index contributed by atoms with van der Waals surface area (Å²) in [4.78, 5) is 0. The van der Waals surface area contributed by atoms with Crippen molar-refractivity contribution in [3.8, 4) is 0 Å². The molecule has 0 radical (unpaired) electrons. The molecule has 0 aromatic heterocycles. The summed E-state index contributed by atoms with van der Waals surface area (Å²) in [5.74, 6) is 5.09. The topological polar surface area (TPSA) is 38.0 Å². The van der Waals surface area contributed by atoms with Gasteiger partial charge in [0.25, 0.3) is 0 Å². The Kier molecular flexibility index (Phi) is 4.81. The zero-order valence-electron chi connectivity index (χ0n) is 9.65. The van der Waals surface area contributed by atoms with E-state index in [4.69, 9.17) is 5.84 Å². The molecule has 0 saturated heterocycles. The first-order chi connectivity index (χ1) is 8.63. The van der Waals surface area contributed by atoms with Crippen LogP contribution in [0.4, 0.5) is 26.3 Å². The van der Waals surface area contributed by atoms with Gasteiger partial charge in [-0.2, -0.15) is 26.3 Å². The number of nitrogens with two attached hydrogens (primary N) is 1. The van der Waals surface area contributed by atoms with E-state index >= 15 is 0 Å². The van der Waals surface area contributed by atoms with Crippen LogP contribution in [-0.4, -0.2) is 6.18 Å². The summed E-state index contributed by atoms with van der Waals surface area (Å²) >= 11 is 0. The molecule has 1 unspecified atom stereocenters. The van der Waals surface area contributed by atoms with Crippen LogP contribution in [-0.2, 0) is 6.18 Å². The van der Waals surface area contributed by atoms with Gasteiger partial charge in [-0.3, -0.25) is 11.3 Å². The fourth-order valence-corrected chi connectivity index (χ4v) is 1.59. The minimum Gasteiger partial charge on any atom is -0.271 e. The van der Waals surface area contributed by atoms with Gasteiger partial charge < -0.3 is 0 Å². The van der Waals surface area contributed by atoms with Gasteiger partial charge in [-0.1, -0.05) is 12.1 Å². The first kappa shape index (κ1) is 15.8. The van der Waals surface area contributed by atoms with Gasteiger partial charge in [-0.25, -0.2) is 0 Å².